The van der Waals surface area contributed by atoms with Crippen molar-refractivity contribution in [3.8, 4) is 0 Å². The number of carbonyl (C=O) groups excluding carboxylic acids is 1. The SMILES string of the molecule is CCc1nc(CC(=O)N2CCCC2c2c(C)nn(C)c2C)cs1. The summed E-state index contributed by atoms with van der Waals surface area (Å²) in [6.45, 7) is 7.05. The van der Waals surface area contributed by atoms with E-state index in [1.54, 1.807) is 11.3 Å². The zero-order valence-corrected chi connectivity index (χ0v) is 15.1. The van der Waals surface area contributed by atoms with Crippen molar-refractivity contribution in [1.82, 2.24) is 19.7 Å². The van der Waals surface area contributed by atoms with Crippen LogP contribution in [0, 0.1) is 13.8 Å². The van der Waals surface area contributed by atoms with Gasteiger partial charge in [-0.15, -0.1) is 11.3 Å². The van der Waals surface area contributed by atoms with Crippen LogP contribution in [0.15, 0.2) is 5.38 Å². The topological polar surface area (TPSA) is 51.0 Å². The zero-order chi connectivity index (χ0) is 16.6. The number of thiazole rings is 1. The van der Waals surface area contributed by atoms with E-state index in [-0.39, 0.29) is 11.9 Å². The van der Waals surface area contributed by atoms with Crippen LogP contribution in [0.5, 0.6) is 0 Å². The van der Waals surface area contributed by atoms with Crippen LogP contribution in [-0.2, 0) is 24.7 Å². The summed E-state index contributed by atoms with van der Waals surface area (Å²) in [5.41, 5.74) is 4.33. The molecule has 3 heterocycles. The first-order chi connectivity index (χ1) is 11.0. The van der Waals surface area contributed by atoms with E-state index in [1.807, 2.05) is 28.9 Å². The first-order valence-corrected chi connectivity index (χ1v) is 9.12. The van der Waals surface area contributed by atoms with E-state index in [0.29, 0.717) is 6.42 Å². The molecule has 0 aromatic carbocycles. The highest BCUT2D eigenvalue weighted by molar-refractivity contribution is 7.09. The van der Waals surface area contributed by atoms with E-state index >= 15 is 0 Å². The molecule has 1 amide bonds. The van der Waals surface area contributed by atoms with Crippen molar-refractivity contribution in [3.63, 3.8) is 0 Å². The Labute approximate surface area is 141 Å². The third-order valence-corrected chi connectivity index (χ3v) is 5.75. The van der Waals surface area contributed by atoms with Gasteiger partial charge in [-0.05, 0) is 33.1 Å². The fraction of sp³-hybridized carbons (Fsp3) is 0.588. The van der Waals surface area contributed by atoms with Gasteiger partial charge in [0, 0.05) is 30.2 Å². The molecule has 2 aromatic heterocycles. The van der Waals surface area contributed by atoms with Crippen LogP contribution in [0.3, 0.4) is 0 Å². The number of rotatable bonds is 4. The normalized spacial score (nSPS) is 17.9. The molecule has 5 nitrogen and oxygen atoms in total. The summed E-state index contributed by atoms with van der Waals surface area (Å²) in [7, 11) is 1.97. The number of carbonyl (C=O) groups is 1. The molecule has 0 N–H and O–H groups in total. The van der Waals surface area contributed by atoms with Crippen LogP contribution in [0.1, 0.15) is 53.5 Å². The average molecular weight is 332 g/mol. The van der Waals surface area contributed by atoms with Gasteiger partial charge in [0.25, 0.3) is 0 Å². The number of likely N-dealkylation sites (tertiary alicyclic amines) is 1. The molecular formula is C17H24N4OS. The summed E-state index contributed by atoms with van der Waals surface area (Å²) in [5, 5.41) is 7.63. The monoisotopic (exact) mass is 332 g/mol. The molecule has 2 aromatic rings. The highest BCUT2D eigenvalue weighted by Crippen LogP contribution is 2.35. The molecule has 1 unspecified atom stereocenters. The van der Waals surface area contributed by atoms with Crippen molar-refractivity contribution in [2.75, 3.05) is 6.54 Å². The van der Waals surface area contributed by atoms with Gasteiger partial charge < -0.3 is 4.90 Å². The van der Waals surface area contributed by atoms with Gasteiger partial charge in [-0.2, -0.15) is 5.10 Å². The predicted octanol–water partition coefficient (Wildman–Crippen LogP) is 2.96. The maximum Gasteiger partial charge on any atom is 0.229 e. The number of aromatic nitrogens is 3. The highest BCUT2D eigenvalue weighted by Gasteiger charge is 2.33. The van der Waals surface area contributed by atoms with E-state index in [1.165, 1.54) is 5.56 Å². The lowest BCUT2D eigenvalue weighted by atomic mass is 10.0. The second kappa shape index (κ2) is 6.43. The Hall–Kier alpha value is -1.69. The quantitative estimate of drug-likeness (QED) is 0.865. The van der Waals surface area contributed by atoms with Gasteiger partial charge in [-0.3, -0.25) is 9.48 Å². The van der Waals surface area contributed by atoms with Crippen LogP contribution in [0.2, 0.25) is 0 Å². The second-order valence-electron chi connectivity index (χ2n) is 6.22. The second-order valence-corrected chi connectivity index (χ2v) is 7.16. The minimum Gasteiger partial charge on any atom is -0.335 e. The number of nitrogens with zero attached hydrogens (tertiary/aromatic N) is 4. The van der Waals surface area contributed by atoms with E-state index in [0.717, 1.165) is 47.9 Å². The molecule has 23 heavy (non-hydrogen) atoms. The van der Waals surface area contributed by atoms with Crippen molar-refractivity contribution < 1.29 is 4.79 Å². The molecular weight excluding hydrogens is 308 g/mol. The van der Waals surface area contributed by atoms with Gasteiger partial charge in [0.15, 0.2) is 0 Å². The fourth-order valence-electron chi connectivity index (χ4n) is 3.49. The highest BCUT2D eigenvalue weighted by atomic mass is 32.1. The van der Waals surface area contributed by atoms with Crippen molar-refractivity contribution in [2.45, 2.75) is 52.5 Å². The van der Waals surface area contributed by atoms with E-state index in [4.69, 9.17) is 0 Å². The molecule has 124 valence electrons. The average Bonchev–Trinajstić information content (AvgIpc) is 3.20. The van der Waals surface area contributed by atoms with E-state index in [2.05, 4.69) is 23.9 Å². The van der Waals surface area contributed by atoms with Crippen molar-refractivity contribution in [2.24, 2.45) is 7.05 Å². The fourth-order valence-corrected chi connectivity index (χ4v) is 4.23. The van der Waals surface area contributed by atoms with E-state index < -0.39 is 0 Å². The van der Waals surface area contributed by atoms with Crippen molar-refractivity contribution in [3.05, 3.63) is 33.0 Å². The number of aryl methyl sites for hydroxylation is 3. The Kier molecular flexibility index (Phi) is 4.53. The van der Waals surface area contributed by atoms with Crippen LogP contribution in [0.4, 0.5) is 0 Å². The smallest absolute Gasteiger partial charge is 0.229 e. The van der Waals surface area contributed by atoms with E-state index in [9.17, 15) is 4.79 Å². The molecule has 6 heteroatoms. The molecule has 1 fully saturated rings. The largest absolute Gasteiger partial charge is 0.335 e. The maximum absolute atomic E-state index is 12.8. The molecule has 0 saturated carbocycles. The Morgan fingerprint density at radius 2 is 2.22 bits per heavy atom. The van der Waals surface area contributed by atoms with Crippen LogP contribution in [0.25, 0.3) is 0 Å². The lowest BCUT2D eigenvalue weighted by Crippen LogP contribution is -2.32. The molecule has 1 saturated heterocycles. The summed E-state index contributed by atoms with van der Waals surface area (Å²) < 4.78 is 1.92. The van der Waals surface area contributed by atoms with Crippen LogP contribution >= 0.6 is 11.3 Å². The number of hydrogen-bond donors (Lipinski definition) is 0. The summed E-state index contributed by atoms with van der Waals surface area (Å²) in [4.78, 5) is 19.4. The first-order valence-electron chi connectivity index (χ1n) is 8.24. The Bertz CT molecular complexity index is 718. The molecule has 3 rings (SSSR count). The molecule has 1 aliphatic rings. The van der Waals surface area contributed by atoms with Gasteiger partial charge in [0.2, 0.25) is 5.91 Å². The van der Waals surface area contributed by atoms with Crippen LogP contribution in [-0.4, -0.2) is 32.1 Å². The number of amides is 1. The summed E-state index contributed by atoms with van der Waals surface area (Å²) in [5.74, 6) is 0.183. The molecule has 1 atom stereocenters. The summed E-state index contributed by atoms with van der Waals surface area (Å²) in [6.07, 6.45) is 3.42. The maximum atomic E-state index is 12.8. The minimum atomic E-state index is 0.167. The Morgan fingerprint density at radius 3 is 2.83 bits per heavy atom. The standard InChI is InChI=1S/C17H24N4OS/c1-5-15-18-13(10-23-15)9-16(22)21-8-6-7-14(21)17-11(2)19-20(4)12(17)3/h10,14H,5-9H2,1-4H3. The first kappa shape index (κ1) is 16.2. The van der Waals surface area contributed by atoms with Crippen molar-refractivity contribution in [1.29, 1.82) is 0 Å². The predicted molar refractivity (Wildman–Crippen MR) is 91.6 cm³/mol. The summed E-state index contributed by atoms with van der Waals surface area (Å²) >= 11 is 1.64. The third-order valence-electron chi connectivity index (χ3n) is 4.71. The van der Waals surface area contributed by atoms with Gasteiger partial charge in [0.1, 0.15) is 0 Å². The van der Waals surface area contributed by atoms with Gasteiger partial charge >= 0.3 is 0 Å². The Balaban J connectivity index is 1.79. The van der Waals surface area contributed by atoms with Gasteiger partial charge in [0.05, 0.1) is 28.9 Å². The zero-order valence-electron chi connectivity index (χ0n) is 14.3. The third kappa shape index (κ3) is 3.04. The van der Waals surface area contributed by atoms with Crippen molar-refractivity contribution >= 4 is 17.2 Å². The van der Waals surface area contributed by atoms with Crippen LogP contribution < -0.4 is 0 Å². The molecule has 0 spiro atoms. The van der Waals surface area contributed by atoms with Gasteiger partial charge in [-0.1, -0.05) is 6.92 Å². The lowest BCUT2D eigenvalue weighted by Gasteiger charge is -2.25. The van der Waals surface area contributed by atoms with Gasteiger partial charge in [-0.25, -0.2) is 4.98 Å². The molecule has 0 radical (unpaired) electrons. The number of hydrogen-bond acceptors (Lipinski definition) is 4. The molecule has 0 bridgehead atoms. The Morgan fingerprint density at radius 1 is 1.43 bits per heavy atom. The lowest BCUT2D eigenvalue weighted by molar-refractivity contribution is -0.131. The summed E-state index contributed by atoms with van der Waals surface area (Å²) in [6, 6.07) is 0.167. The molecule has 0 aliphatic carbocycles. The minimum absolute atomic E-state index is 0.167. The molecule has 1 aliphatic heterocycles.